The Morgan fingerprint density at radius 1 is 1.39 bits per heavy atom. The van der Waals surface area contributed by atoms with Crippen molar-refractivity contribution >= 4 is 18.1 Å². The van der Waals surface area contributed by atoms with Crippen LogP contribution in [-0.4, -0.2) is 24.2 Å². The molecule has 0 aliphatic carbocycles. The molecule has 0 aliphatic rings. The number of rotatable bonds is 5. The highest BCUT2D eigenvalue weighted by atomic mass is 16.5. The number of hydrogen-bond donors (Lipinski definition) is 1. The molecule has 0 heterocycles. The van der Waals surface area contributed by atoms with Gasteiger partial charge in [-0.2, -0.15) is 5.10 Å². The van der Waals surface area contributed by atoms with E-state index in [1.807, 2.05) is 0 Å². The zero-order valence-corrected chi connectivity index (χ0v) is 10.0. The number of amides is 1. The largest absolute Gasteiger partial charge is 0.546 e. The van der Waals surface area contributed by atoms with Gasteiger partial charge in [0.25, 0.3) is 0 Å². The zero-order valence-electron chi connectivity index (χ0n) is 10.0. The fraction of sp³-hybridized carbons (Fsp3) is 0.250. The van der Waals surface area contributed by atoms with Crippen molar-refractivity contribution in [2.75, 3.05) is 0 Å². The molecule has 0 fully saturated rings. The van der Waals surface area contributed by atoms with Crippen molar-refractivity contribution in [1.82, 2.24) is 5.43 Å². The van der Waals surface area contributed by atoms with E-state index in [1.54, 1.807) is 24.3 Å². The van der Waals surface area contributed by atoms with Crippen LogP contribution in [0.4, 0.5) is 0 Å². The van der Waals surface area contributed by atoms with Crippen LogP contribution in [0.5, 0.6) is 5.75 Å². The fourth-order valence-corrected chi connectivity index (χ4v) is 1.08. The lowest BCUT2D eigenvalue weighted by atomic mass is 10.2. The van der Waals surface area contributed by atoms with E-state index < -0.39 is 12.1 Å². The first-order valence-corrected chi connectivity index (χ1v) is 5.26. The van der Waals surface area contributed by atoms with Crippen LogP contribution in [-0.2, 0) is 9.59 Å². The minimum atomic E-state index is -1.27. The third kappa shape index (κ3) is 4.65. The van der Waals surface area contributed by atoms with Gasteiger partial charge in [0, 0.05) is 6.92 Å². The number of hydrazone groups is 1. The molecule has 0 saturated heterocycles. The number of hydrogen-bond acceptors (Lipinski definition) is 5. The van der Waals surface area contributed by atoms with E-state index in [0.717, 1.165) is 5.56 Å². The second kappa shape index (κ2) is 6.39. The summed E-state index contributed by atoms with van der Waals surface area (Å²) in [6.07, 6.45) is 0.455. The molecule has 0 radical (unpaired) electrons. The first-order chi connectivity index (χ1) is 8.49. The van der Waals surface area contributed by atoms with E-state index >= 15 is 0 Å². The summed E-state index contributed by atoms with van der Waals surface area (Å²) in [5, 5.41) is 14.2. The van der Waals surface area contributed by atoms with Crippen molar-refractivity contribution < 1.29 is 19.4 Å². The van der Waals surface area contributed by atoms with Crippen LogP contribution in [0, 0.1) is 0 Å². The van der Waals surface area contributed by atoms with Crippen molar-refractivity contribution in [1.29, 1.82) is 0 Å². The standard InChI is InChI=1S/C12H14N2O4/c1-8(12(16)17)18-11-5-3-10(4-6-11)7-13-14-9(2)15/h3-8H,1-2H3,(H,14,15)(H,16,17)/p-1/b13-7-/t8-/m0/s1. The van der Waals surface area contributed by atoms with Crippen LogP contribution < -0.4 is 15.3 Å². The average Bonchev–Trinajstić information content (AvgIpc) is 2.30. The van der Waals surface area contributed by atoms with E-state index in [4.69, 9.17) is 4.74 Å². The molecule has 1 atom stereocenters. The smallest absolute Gasteiger partial charge is 0.236 e. The molecular weight excluding hydrogens is 236 g/mol. The number of carbonyl (C=O) groups excluding carboxylic acids is 2. The van der Waals surface area contributed by atoms with Crippen molar-refractivity contribution in [2.24, 2.45) is 5.10 Å². The number of ether oxygens (including phenoxy) is 1. The van der Waals surface area contributed by atoms with Crippen molar-refractivity contribution in [3.8, 4) is 5.75 Å². The van der Waals surface area contributed by atoms with Crippen LogP contribution >= 0.6 is 0 Å². The van der Waals surface area contributed by atoms with Gasteiger partial charge in [0.1, 0.15) is 11.9 Å². The number of nitrogens with zero attached hydrogens (tertiary/aromatic N) is 1. The minimum Gasteiger partial charge on any atom is -0.546 e. The van der Waals surface area contributed by atoms with Gasteiger partial charge in [-0.3, -0.25) is 4.79 Å². The summed E-state index contributed by atoms with van der Waals surface area (Å²) in [4.78, 5) is 21.0. The highest BCUT2D eigenvalue weighted by Gasteiger charge is 2.03. The first kappa shape index (κ1) is 13.7. The Labute approximate surface area is 104 Å². The molecule has 0 unspecified atom stereocenters. The van der Waals surface area contributed by atoms with Crippen LogP contribution in [0.3, 0.4) is 0 Å². The fourth-order valence-electron chi connectivity index (χ4n) is 1.08. The quantitative estimate of drug-likeness (QED) is 0.571. The molecule has 0 aromatic heterocycles. The second-order valence-electron chi connectivity index (χ2n) is 3.57. The van der Waals surface area contributed by atoms with Gasteiger partial charge < -0.3 is 14.6 Å². The topological polar surface area (TPSA) is 90.8 Å². The summed E-state index contributed by atoms with van der Waals surface area (Å²) in [6, 6.07) is 6.58. The van der Waals surface area contributed by atoms with Gasteiger partial charge in [0.2, 0.25) is 5.91 Å². The van der Waals surface area contributed by atoms with Crippen molar-refractivity contribution in [3.63, 3.8) is 0 Å². The molecule has 6 nitrogen and oxygen atoms in total. The summed E-state index contributed by atoms with van der Waals surface area (Å²) in [5.41, 5.74) is 3.02. The lowest BCUT2D eigenvalue weighted by Crippen LogP contribution is -2.37. The number of benzene rings is 1. The van der Waals surface area contributed by atoms with Gasteiger partial charge in [-0.05, 0) is 36.8 Å². The predicted octanol–water partition coefficient (Wildman–Crippen LogP) is -0.326. The summed E-state index contributed by atoms with van der Waals surface area (Å²) < 4.78 is 5.10. The second-order valence-corrected chi connectivity index (χ2v) is 3.57. The highest BCUT2D eigenvalue weighted by Crippen LogP contribution is 2.12. The van der Waals surface area contributed by atoms with Crippen molar-refractivity contribution in [2.45, 2.75) is 20.0 Å². The van der Waals surface area contributed by atoms with Gasteiger partial charge in [-0.1, -0.05) is 0 Å². The Morgan fingerprint density at radius 2 is 2.00 bits per heavy atom. The SMILES string of the molecule is CC(=O)N/N=C\c1ccc(O[C@@H](C)C(=O)[O-])cc1. The van der Waals surface area contributed by atoms with Gasteiger partial charge in [-0.25, -0.2) is 5.43 Å². The van der Waals surface area contributed by atoms with E-state index in [-0.39, 0.29) is 5.91 Å². The van der Waals surface area contributed by atoms with Gasteiger partial charge in [0.05, 0.1) is 12.2 Å². The van der Waals surface area contributed by atoms with E-state index in [1.165, 1.54) is 20.1 Å². The molecule has 96 valence electrons. The third-order valence-electron chi connectivity index (χ3n) is 1.96. The normalized spacial score (nSPS) is 12.1. The van der Waals surface area contributed by atoms with Crippen LogP contribution in [0.1, 0.15) is 19.4 Å². The molecule has 1 aromatic carbocycles. The molecule has 6 heteroatoms. The van der Waals surface area contributed by atoms with Crippen LogP contribution in [0.25, 0.3) is 0 Å². The summed E-state index contributed by atoms with van der Waals surface area (Å²) in [7, 11) is 0. The summed E-state index contributed by atoms with van der Waals surface area (Å²) in [6.45, 7) is 2.75. The zero-order chi connectivity index (χ0) is 13.5. The van der Waals surface area contributed by atoms with Crippen LogP contribution in [0.15, 0.2) is 29.4 Å². The average molecular weight is 249 g/mol. The number of carboxylic acid groups (broad SMARTS) is 1. The number of carbonyl (C=O) groups is 2. The predicted molar refractivity (Wildman–Crippen MR) is 62.9 cm³/mol. The number of carboxylic acids is 1. The summed E-state index contributed by atoms with van der Waals surface area (Å²) >= 11 is 0. The molecular formula is C12H13N2O4-. The van der Waals surface area contributed by atoms with Crippen LogP contribution in [0.2, 0.25) is 0 Å². The molecule has 1 amide bonds. The highest BCUT2D eigenvalue weighted by molar-refractivity contribution is 5.81. The van der Waals surface area contributed by atoms with E-state index in [9.17, 15) is 14.7 Å². The maximum atomic E-state index is 10.6. The maximum Gasteiger partial charge on any atom is 0.236 e. The number of aliphatic carboxylic acids is 1. The molecule has 1 N–H and O–H groups in total. The molecule has 1 rings (SSSR count). The Bertz CT molecular complexity index is 454. The minimum absolute atomic E-state index is 0.256. The molecule has 0 bridgehead atoms. The lowest BCUT2D eigenvalue weighted by Gasteiger charge is -2.15. The van der Waals surface area contributed by atoms with Gasteiger partial charge in [0.15, 0.2) is 0 Å². The molecule has 1 aromatic rings. The molecule has 0 saturated carbocycles. The molecule has 18 heavy (non-hydrogen) atoms. The molecule has 0 aliphatic heterocycles. The van der Waals surface area contributed by atoms with Gasteiger partial charge in [-0.15, -0.1) is 0 Å². The van der Waals surface area contributed by atoms with E-state index in [0.29, 0.717) is 5.75 Å². The van der Waals surface area contributed by atoms with Crippen molar-refractivity contribution in [3.05, 3.63) is 29.8 Å². The monoisotopic (exact) mass is 249 g/mol. The lowest BCUT2D eigenvalue weighted by molar-refractivity contribution is -0.312. The Kier molecular flexibility index (Phi) is 4.86. The Morgan fingerprint density at radius 3 is 2.50 bits per heavy atom. The Hall–Kier alpha value is -2.37. The molecule has 0 spiro atoms. The number of nitrogens with one attached hydrogen (secondary N) is 1. The van der Waals surface area contributed by atoms with E-state index in [2.05, 4.69) is 10.5 Å². The first-order valence-electron chi connectivity index (χ1n) is 5.26. The van der Waals surface area contributed by atoms with Gasteiger partial charge >= 0.3 is 0 Å². The maximum absolute atomic E-state index is 10.6. The third-order valence-corrected chi connectivity index (χ3v) is 1.96. The Balaban J connectivity index is 2.60. The summed E-state index contributed by atoms with van der Waals surface area (Å²) in [5.74, 6) is -1.11.